The standard InChI is InChI=1S/C27H25N3/c1-20-18-26(25(19-29-20)21(2)28)30-27(22-12-6-3-7-13-22,23-14-8-4-9-15-23)24-16-10-5-11-17-24/h3-19,28H,1-2H3,(H,29,30). The molecule has 0 aliphatic rings. The number of nitrogens with one attached hydrogen (secondary N) is 2. The van der Waals surface area contributed by atoms with Crippen molar-refractivity contribution < 1.29 is 0 Å². The first-order valence-electron chi connectivity index (χ1n) is 10.1. The van der Waals surface area contributed by atoms with Crippen LogP contribution in [0.25, 0.3) is 0 Å². The van der Waals surface area contributed by atoms with E-state index in [0.29, 0.717) is 5.71 Å². The highest BCUT2D eigenvalue weighted by Crippen LogP contribution is 2.40. The lowest BCUT2D eigenvalue weighted by Crippen LogP contribution is -2.38. The summed E-state index contributed by atoms with van der Waals surface area (Å²) in [4.78, 5) is 4.43. The molecule has 0 radical (unpaired) electrons. The van der Waals surface area contributed by atoms with E-state index in [1.807, 2.05) is 31.2 Å². The lowest BCUT2D eigenvalue weighted by molar-refractivity contribution is 0.711. The van der Waals surface area contributed by atoms with Crippen molar-refractivity contribution in [3.8, 4) is 0 Å². The summed E-state index contributed by atoms with van der Waals surface area (Å²) in [5.41, 5.74) is 5.85. The second-order valence-electron chi connectivity index (χ2n) is 7.47. The van der Waals surface area contributed by atoms with Crippen LogP contribution in [0, 0.1) is 12.3 Å². The fourth-order valence-corrected chi connectivity index (χ4v) is 3.95. The average molecular weight is 392 g/mol. The first kappa shape index (κ1) is 19.6. The van der Waals surface area contributed by atoms with Gasteiger partial charge < -0.3 is 10.7 Å². The number of benzene rings is 3. The van der Waals surface area contributed by atoms with Crippen molar-refractivity contribution >= 4 is 11.4 Å². The number of rotatable bonds is 6. The molecule has 1 aromatic heterocycles. The summed E-state index contributed by atoms with van der Waals surface area (Å²) in [6.45, 7) is 3.77. The molecule has 0 bridgehead atoms. The van der Waals surface area contributed by atoms with Gasteiger partial charge in [-0.3, -0.25) is 4.98 Å². The molecule has 0 saturated heterocycles. The lowest BCUT2D eigenvalue weighted by Gasteiger charge is -2.38. The summed E-state index contributed by atoms with van der Waals surface area (Å²) in [6, 6.07) is 33.4. The smallest absolute Gasteiger partial charge is 0.114 e. The Bertz CT molecular complexity index is 1040. The van der Waals surface area contributed by atoms with Crippen LogP contribution in [0.5, 0.6) is 0 Å². The average Bonchev–Trinajstić information content (AvgIpc) is 2.79. The van der Waals surface area contributed by atoms with Crippen LogP contribution in [0.15, 0.2) is 103 Å². The zero-order valence-corrected chi connectivity index (χ0v) is 17.3. The van der Waals surface area contributed by atoms with E-state index in [1.54, 1.807) is 13.1 Å². The van der Waals surface area contributed by atoms with Gasteiger partial charge in [0, 0.05) is 28.9 Å². The highest BCUT2D eigenvalue weighted by molar-refractivity contribution is 6.01. The fourth-order valence-electron chi connectivity index (χ4n) is 3.95. The van der Waals surface area contributed by atoms with Gasteiger partial charge in [-0.1, -0.05) is 91.0 Å². The Morgan fingerprint density at radius 3 is 1.60 bits per heavy atom. The monoisotopic (exact) mass is 391 g/mol. The van der Waals surface area contributed by atoms with E-state index < -0.39 is 5.54 Å². The molecule has 0 saturated carbocycles. The highest BCUT2D eigenvalue weighted by Gasteiger charge is 2.36. The summed E-state index contributed by atoms with van der Waals surface area (Å²) in [5, 5.41) is 12.1. The van der Waals surface area contributed by atoms with Gasteiger partial charge in [-0.15, -0.1) is 0 Å². The summed E-state index contributed by atoms with van der Waals surface area (Å²) in [7, 11) is 0. The minimum Gasteiger partial charge on any atom is -0.367 e. The Morgan fingerprint density at radius 1 is 0.767 bits per heavy atom. The number of pyridine rings is 1. The summed E-state index contributed by atoms with van der Waals surface area (Å²) < 4.78 is 0. The maximum Gasteiger partial charge on any atom is 0.114 e. The largest absolute Gasteiger partial charge is 0.367 e. The maximum atomic E-state index is 8.29. The predicted octanol–water partition coefficient (Wildman–Crippen LogP) is 6.18. The quantitative estimate of drug-likeness (QED) is 0.304. The van der Waals surface area contributed by atoms with E-state index in [-0.39, 0.29) is 0 Å². The number of aryl methyl sites for hydroxylation is 1. The van der Waals surface area contributed by atoms with Gasteiger partial charge >= 0.3 is 0 Å². The number of nitrogens with zero attached hydrogens (tertiary/aromatic N) is 1. The van der Waals surface area contributed by atoms with Crippen molar-refractivity contribution in [2.75, 3.05) is 5.32 Å². The van der Waals surface area contributed by atoms with Gasteiger partial charge in [0.25, 0.3) is 0 Å². The molecule has 0 unspecified atom stereocenters. The summed E-state index contributed by atoms with van der Waals surface area (Å²) >= 11 is 0. The third-order valence-electron chi connectivity index (χ3n) is 5.39. The highest BCUT2D eigenvalue weighted by atomic mass is 15.0. The van der Waals surface area contributed by atoms with E-state index in [2.05, 4.69) is 83.1 Å². The van der Waals surface area contributed by atoms with Crippen LogP contribution < -0.4 is 5.32 Å². The molecule has 30 heavy (non-hydrogen) atoms. The van der Waals surface area contributed by atoms with E-state index in [4.69, 9.17) is 5.41 Å². The maximum absolute atomic E-state index is 8.29. The van der Waals surface area contributed by atoms with E-state index >= 15 is 0 Å². The van der Waals surface area contributed by atoms with Crippen molar-refractivity contribution in [3.05, 3.63) is 131 Å². The van der Waals surface area contributed by atoms with Crippen molar-refractivity contribution in [1.29, 1.82) is 5.41 Å². The van der Waals surface area contributed by atoms with Gasteiger partial charge in [0.1, 0.15) is 5.54 Å². The second kappa shape index (κ2) is 8.34. The van der Waals surface area contributed by atoms with E-state index in [9.17, 15) is 0 Å². The molecule has 4 rings (SSSR count). The Kier molecular flexibility index (Phi) is 5.44. The molecule has 3 heteroatoms. The van der Waals surface area contributed by atoms with Gasteiger partial charge in [-0.05, 0) is 36.6 Å². The third-order valence-corrected chi connectivity index (χ3v) is 5.39. The summed E-state index contributed by atoms with van der Waals surface area (Å²) in [5.74, 6) is 0. The Hall–Kier alpha value is -3.72. The molecule has 2 N–H and O–H groups in total. The van der Waals surface area contributed by atoms with Crippen LogP contribution >= 0.6 is 0 Å². The first-order valence-corrected chi connectivity index (χ1v) is 10.1. The lowest BCUT2D eigenvalue weighted by atomic mass is 9.76. The number of hydrogen-bond acceptors (Lipinski definition) is 3. The van der Waals surface area contributed by atoms with Crippen molar-refractivity contribution in [3.63, 3.8) is 0 Å². The molecule has 0 fully saturated rings. The molecule has 0 amide bonds. The first-order chi connectivity index (χ1) is 14.6. The molecule has 0 spiro atoms. The Morgan fingerprint density at radius 2 is 1.20 bits per heavy atom. The predicted molar refractivity (Wildman–Crippen MR) is 124 cm³/mol. The van der Waals surface area contributed by atoms with Crippen LogP contribution in [0.3, 0.4) is 0 Å². The molecule has 0 atom stereocenters. The third kappa shape index (κ3) is 3.62. The number of aromatic nitrogens is 1. The minimum absolute atomic E-state index is 0.480. The van der Waals surface area contributed by atoms with Crippen LogP contribution in [0.4, 0.5) is 5.69 Å². The van der Waals surface area contributed by atoms with E-state index in [0.717, 1.165) is 33.6 Å². The number of anilines is 1. The Labute approximate surface area is 178 Å². The van der Waals surface area contributed by atoms with Crippen molar-refractivity contribution in [1.82, 2.24) is 4.98 Å². The molecule has 3 nitrogen and oxygen atoms in total. The van der Waals surface area contributed by atoms with Gasteiger partial charge in [0.2, 0.25) is 0 Å². The molecule has 0 aliphatic carbocycles. The molecule has 1 heterocycles. The van der Waals surface area contributed by atoms with Crippen LogP contribution in [-0.4, -0.2) is 10.7 Å². The van der Waals surface area contributed by atoms with Crippen molar-refractivity contribution in [2.24, 2.45) is 0 Å². The SMILES string of the molecule is CC(=N)c1cnc(C)cc1NC(c1ccccc1)(c1ccccc1)c1ccccc1. The zero-order chi connectivity index (χ0) is 21.0. The molecular weight excluding hydrogens is 366 g/mol. The molecule has 4 aromatic rings. The van der Waals surface area contributed by atoms with E-state index in [1.165, 1.54) is 0 Å². The van der Waals surface area contributed by atoms with Gasteiger partial charge in [-0.25, -0.2) is 0 Å². The van der Waals surface area contributed by atoms with Crippen LogP contribution in [0.1, 0.15) is 34.9 Å². The van der Waals surface area contributed by atoms with Gasteiger partial charge in [0.05, 0.1) is 0 Å². The fraction of sp³-hybridized carbons (Fsp3) is 0.111. The van der Waals surface area contributed by atoms with Gasteiger partial charge in [0.15, 0.2) is 0 Å². The normalized spacial score (nSPS) is 11.1. The van der Waals surface area contributed by atoms with Crippen molar-refractivity contribution in [2.45, 2.75) is 19.4 Å². The zero-order valence-electron chi connectivity index (χ0n) is 17.3. The van der Waals surface area contributed by atoms with Crippen LogP contribution in [0.2, 0.25) is 0 Å². The minimum atomic E-state index is -0.623. The van der Waals surface area contributed by atoms with Gasteiger partial charge in [-0.2, -0.15) is 0 Å². The number of hydrogen-bond donors (Lipinski definition) is 2. The molecule has 148 valence electrons. The second-order valence-corrected chi connectivity index (χ2v) is 7.47. The molecule has 0 aliphatic heterocycles. The Balaban J connectivity index is 2.04. The summed E-state index contributed by atoms with van der Waals surface area (Å²) in [6.07, 6.45) is 1.78. The van der Waals surface area contributed by atoms with Crippen LogP contribution in [-0.2, 0) is 5.54 Å². The molecular formula is C27H25N3. The topological polar surface area (TPSA) is 48.8 Å². The molecule has 3 aromatic carbocycles.